The highest BCUT2D eigenvalue weighted by Gasteiger charge is 2.18. The lowest BCUT2D eigenvalue weighted by Crippen LogP contribution is -2.39. The molecule has 3 amide bonds. The van der Waals surface area contributed by atoms with Crippen molar-refractivity contribution in [2.45, 2.75) is 52.6 Å². The molecule has 4 N–H and O–H groups in total. The van der Waals surface area contributed by atoms with Gasteiger partial charge in [-0.15, -0.1) is 24.0 Å². The number of amides is 3. The van der Waals surface area contributed by atoms with E-state index in [1.807, 2.05) is 49.9 Å². The van der Waals surface area contributed by atoms with Crippen LogP contribution in [-0.4, -0.2) is 55.0 Å². The van der Waals surface area contributed by atoms with E-state index < -0.39 is 0 Å². The smallest absolute Gasteiger partial charge is 0.319 e. The Morgan fingerprint density at radius 2 is 1.93 bits per heavy atom. The molecular formula is C21H35IN6O2. The van der Waals surface area contributed by atoms with Crippen LogP contribution in [0.3, 0.4) is 0 Å². The van der Waals surface area contributed by atoms with Crippen molar-refractivity contribution in [1.29, 1.82) is 0 Å². The summed E-state index contributed by atoms with van der Waals surface area (Å²) in [6, 6.07) is 7.54. The first-order chi connectivity index (χ1) is 14.0. The monoisotopic (exact) mass is 530 g/mol. The molecular weight excluding hydrogens is 495 g/mol. The van der Waals surface area contributed by atoms with Gasteiger partial charge in [-0.1, -0.05) is 12.1 Å². The molecule has 1 aromatic carbocycles. The summed E-state index contributed by atoms with van der Waals surface area (Å²) in [6.07, 6.45) is 2.57. The van der Waals surface area contributed by atoms with Crippen LogP contribution in [0.15, 0.2) is 29.3 Å². The number of likely N-dealkylation sites (tertiary alicyclic amines) is 1. The molecule has 0 aliphatic carbocycles. The van der Waals surface area contributed by atoms with Crippen LogP contribution in [-0.2, 0) is 11.3 Å². The summed E-state index contributed by atoms with van der Waals surface area (Å²) >= 11 is 0. The highest BCUT2D eigenvalue weighted by molar-refractivity contribution is 14.0. The summed E-state index contributed by atoms with van der Waals surface area (Å²) in [5.41, 5.74) is 1.80. The van der Waals surface area contributed by atoms with E-state index in [9.17, 15) is 9.59 Å². The number of carbonyl (C=O) groups excluding carboxylic acids is 2. The first kappa shape index (κ1) is 26.0. The van der Waals surface area contributed by atoms with Crippen LogP contribution >= 0.6 is 24.0 Å². The van der Waals surface area contributed by atoms with Gasteiger partial charge in [-0.05, 0) is 51.3 Å². The maximum absolute atomic E-state index is 11.7. The van der Waals surface area contributed by atoms with Crippen molar-refractivity contribution in [1.82, 2.24) is 20.9 Å². The number of hydrogen-bond donors (Lipinski definition) is 4. The van der Waals surface area contributed by atoms with E-state index in [2.05, 4.69) is 26.3 Å². The molecule has 1 fully saturated rings. The van der Waals surface area contributed by atoms with Gasteiger partial charge in [-0.25, -0.2) is 9.79 Å². The second kappa shape index (κ2) is 14.1. The molecule has 1 aliphatic heterocycles. The van der Waals surface area contributed by atoms with Gasteiger partial charge < -0.3 is 26.2 Å². The van der Waals surface area contributed by atoms with Gasteiger partial charge in [0.2, 0.25) is 5.91 Å². The lowest BCUT2D eigenvalue weighted by Gasteiger charge is -2.16. The first-order valence-corrected chi connectivity index (χ1v) is 10.4. The molecule has 0 unspecified atom stereocenters. The van der Waals surface area contributed by atoms with Crippen molar-refractivity contribution >= 4 is 47.6 Å². The number of rotatable bonds is 9. The van der Waals surface area contributed by atoms with Crippen LogP contribution in [0.2, 0.25) is 0 Å². The molecule has 1 aliphatic rings. The predicted octanol–water partition coefficient (Wildman–Crippen LogP) is 2.90. The van der Waals surface area contributed by atoms with Crippen molar-refractivity contribution in [2.75, 3.05) is 31.5 Å². The van der Waals surface area contributed by atoms with Gasteiger partial charge in [-0.3, -0.25) is 4.79 Å². The number of guanidine groups is 1. The molecule has 30 heavy (non-hydrogen) atoms. The number of carbonyl (C=O) groups is 2. The van der Waals surface area contributed by atoms with Crippen molar-refractivity contribution in [3.05, 3.63) is 29.8 Å². The van der Waals surface area contributed by atoms with Crippen molar-refractivity contribution < 1.29 is 9.59 Å². The van der Waals surface area contributed by atoms with E-state index in [0.29, 0.717) is 13.0 Å². The number of anilines is 1. The van der Waals surface area contributed by atoms with E-state index in [4.69, 9.17) is 0 Å². The van der Waals surface area contributed by atoms with Crippen molar-refractivity contribution in [3.63, 3.8) is 0 Å². The number of nitrogens with one attached hydrogen (secondary N) is 4. The fourth-order valence-electron chi connectivity index (χ4n) is 3.05. The van der Waals surface area contributed by atoms with Gasteiger partial charge in [-0.2, -0.15) is 0 Å². The molecule has 0 aromatic heterocycles. The van der Waals surface area contributed by atoms with Crippen LogP contribution in [0.4, 0.5) is 10.5 Å². The summed E-state index contributed by atoms with van der Waals surface area (Å²) in [5, 5.41) is 12.2. The number of benzene rings is 1. The van der Waals surface area contributed by atoms with Crippen LogP contribution in [0.5, 0.6) is 0 Å². The number of urea groups is 1. The first-order valence-electron chi connectivity index (χ1n) is 10.4. The third kappa shape index (κ3) is 9.64. The van der Waals surface area contributed by atoms with Crippen LogP contribution < -0.4 is 21.3 Å². The molecule has 0 bridgehead atoms. The molecule has 1 heterocycles. The molecule has 2 rings (SSSR count). The average molecular weight is 530 g/mol. The largest absolute Gasteiger partial charge is 0.357 e. The zero-order chi connectivity index (χ0) is 21.1. The zero-order valence-corrected chi connectivity index (χ0v) is 20.5. The number of nitrogens with zero attached hydrogens (tertiary/aromatic N) is 2. The Balaban J connectivity index is 0.00000450. The lowest BCUT2D eigenvalue weighted by atomic mass is 10.2. The fraction of sp³-hybridized carbons (Fsp3) is 0.571. The molecule has 168 valence electrons. The predicted molar refractivity (Wildman–Crippen MR) is 132 cm³/mol. The Hall–Kier alpha value is -2.04. The Bertz CT molecular complexity index is 693. The number of hydrogen-bond acceptors (Lipinski definition) is 3. The average Bonchev–Trinajstić information content (AvgIpc) is 3.08. The summed E-state index contributed by atoms with van der Waals surface area (Å²) in [7, 11) is 0. The molecule has 0 saturated carbocycles. The van der Waals surface area contributed by atoms with Gasteiger partial charge in [0.15, 0.2) is 5.96 Å². The Labute approximate surface area is 196 Å². The summed E-state index contributed by atoms with van der Waals surface area (Å²) in [5.74, 6) is 1.03. The van der Waals surface area contributed by atoms with Crippen molar-refractivity contribution in [3.8, 4) is 0 Å². The minimum Gasteiger partial charge on any atom is -0.357 e. The summed E-state index contributed by atoms with van der Waals surface area (Å²) in [4.78, 5) is 29.9. The minimum atomic E-state index is -0.208. The van der Waals surface area contributed by atoms with E-state index in [-0.39, 0.29) is 42.0 Å². The van der Waals surface area contributed by atoms with E-state index in [1.165, 1.54) is 0 Å². The Morgan fingerprint density at radius 1 is 1.20 bits per heavy atom. The molecule has 0 atom stereocenters. The van der Waals surface area contributed by atoms with Gasteiger partial charge >= 0.3 is 6.03 Å². The third-order valence-electron chi connectivity index (χ3n) is 4.46. The van der Waals surface area contributed by atoms with Gasteiger partial charge in [0.1, 0.15) is 0 Å². The highest BCUT2D eigenvalue weighted by atomic mass is 127. The Kier molecular flexibility index (Phi) is 12.2. The molecule has 0 spiro atoms. The topological polar surface area (TPSA) is 97.9 Å². The second-order valence-corrected chi connectivity index (χ2v) is 7.41. The van der Waals surface area contributed by atoms with E-state index >= 15 is 0 Å². The van der Waals surface area contributed by atoms with Crippen LogP contribution in [0.25, 0.3) is 0 Å². The third-order valence-corrected chi connectivity index (χ3v) is 4.46. The highest BCUT2D eigenvalue weighted by Crippen LogP contribution is 2.11. The maximum Gasteiger partial charge on any atom is 0.319 e. The van der Waals surface area contributed by atoms with Crippen LogP contribution in [0.1, 0.15) is 45.6 Å². The van der Waals surface area contributed by atoms with Gasteiger partial charge in [0.25, 0.3) is 0 Å². The van der Waals surface area contributed by atoms with Crippen LogP contribution in [0, 0.1) is 0 Å². The fourth-order valence-corrected chi connectivity index (χ4v) is 3.05. The standard InChI is InChI=1S/C21H34N6O2.HI/c1-4-22-20(23-12-6-14-27-13-5-7-19(27)28)24-15-17-8-10-18(11-9-17)26-21(29)25-16(2)3;/h8-11,16H,4-7,12-15H2,1-3H3,(H2,22,23,24)(H2,25,26,29);1H. The normalized spacial score (nSPS) is 13.8. The number of halogens is 1. The SMILES string of the molecule is CCNC(=NCc1ccc(NC(=O)NC(C)C)cc1)NCCCN1CCCC1=O.I. The van der Waals surface area contributed by atoms with E-state index in [1.54, 1.807) is 0 Å². The molecule has 9 heteroatoms. The minimum absolute atomic E-state index is 0. The quantitative estimate of drug-likeness (QED) is 0.171. The maximum atomic E-state index is 11.7. The molecule has 1 saturated heterocycles. The van der Waals surface area contributed by atoms with Gasteiger partial charge in [0.05, 0.1) is 6.54 Å². The van der Waals surface area contributed by atoms with Crippen molar-refractivity contribution in [2.24, 2.45) is 4.99 Å². The van der Waals surface area contributed by atoms with Gasteiger partial charge in [0, 0.05) is 44.3 Å². The molecule has 0 radical (unpaired) electrons. The molecule has 1 aromatic rings. The zero-order valence-electron chi connectivity index (χ0n) is 18.2. The van der Waals surface area contributed by atoms with E-state index in [0.717, 1.165) is 56.2 Å². The lowest BCUT2D eigenvalue weighted by molar-refractivity contribution is -0.127. The number of aliphatic imine (C=N–C) groups is 1. The Morgan fingerprint density at radius 3 is 2.53 bits per heavy atom. The molecule has 8 nitrogen and oxygen atoms in total. The second-order valence-electron chi connectivity index (χ2n) is 7.41. The summed E-state index contributed by atoms with van der Waals surface area (Å²) in [6.45, 7) is 9.64. The summed E-state index contributed by atoms with van der Waals surface area (Å²) < 4.78 is 0.